The lowest BCUT2D eigenvalue weighted by molar-refractivity contribution is 0.0946. The molecule has 0 radical (unpaired) electrons. The van der Waals surface area contributed by atoms with E-state index in [1.165, 1.54) is 12.3 Å². The molecular formula is C15H13F2N3O. The van der Waals surface area contributed by atoms with Crippen molar-refractivity contribution in [2.45, 2.75) is 18.9 Å². The van der Waals surface area contributed by atoms with Gasteiger partial charge in [0.05, 0.1) is 11.9 Å². The van der Waals surface area contributed by atoms with E-state index in [4.69, 9.17) is 0 Å². The number of hydrogen-bond acceptors (Lipinski definition) is 3. The number of halogens is 2. The molecule has 2 aromatic rings. The molecule has 1 aromatic carbocycles. The van der Waals surface area contributed by atoms with E-state index in [2.05, 4.69) is 15.6 Å². The fourth-order valence-corrected chi connectivity index (χ4v) is 1.83. The summed E-state index contributed by atoms with van der Waals surface area (Å²) in [5.74, 6) is -2.02. The lowest BCUT2D eigenvalue weighted by atomic mass is 10.2. The Bertz CT molecular complexity index is 669. The van der Waals surface area contributed by atoms with Gasteiger partial charge >= 0.3 is 0 Å². The number of benzene rings is 1. The summed E-state index contributed by atoms with van der Waals surface area (Å²) in [5.41, 5.74) is 1.33. The molecule has 1 aromatic heterocycles. The van der Waals surface area contributed by atoms with Gasteiger partial charge in [-0.25, -0.2) is 13.8 Å². The van der Waals surface area contributed by atoms with Gasteiger partial charge in [0, 0.05) is 17.8 Å². The molecule has 1 aliphatic rings. The van der Waals surface area contributed by atoms with Crippen molar-refractivity contribution in [3.05, 3.63) is 53.9 Å². The zero-order valence-corrected chi connectivity index (χ0v) is 11.1. The van der Waals surface area contributed by atoms with Gasteiger partial charge in [-0.2, -0.15) is 0 Å². The summed E-state index contributed by atoms with van der Waals surface area (Å²) in [6.45, 7) is 0. The van der Waals surface area contributed by atoms with Gasteiger partial charge in [0.15, 0.2) is 11.6 Å². The van der Waals surface area contributed by atoms with Crippen molar-refractivity contribution < 1.29 is 13.6 Å². The van der Waals surface area contributed by atoms with Crippen LogP contribution in [0.1, 0.15) is 23.3 Å². The largest absolute Gasteiger partial charge is 0.354 e. The van der Waals surface area contributed by atoms with Crippen molar-refractivity contribution in [3.8, 4) is 0 Å². The third-order valence-corrected chi connectivity index (χ3v) is 3.12. The third-order valence-electron chi connectivity index (χ3n) is 3.12. The fraction of sp³-hybridized carbons (Fsp3) is 0.200. The number of carbonyl (C=O) groups excluding carboxylic acids is 1. The highest BCUT2D eigenvalue weighted by Crippen LogP contribution is 2.20. The van der Waals surface area contributed by atoms with Gasteiger partial charge in [-0.3, -0.25) is 4.79 Å². The van der Waals surface area contributed by atoms with Gasteiger partial charge in [-0.1, -0.05) is 0 Å². The van der Waals surface area contributed by atoms with E-state index in [-0.39, 0.29) is 11.9 Å². The summed E-state index contributed by atoms with van der Waals surface area (Å²) in [6.07, 6.45) is 3.51. The quantitative estimate of drug-likeness (QED) is 0.909. The smallest absolute Gasteiger partial charge is 0.270 e. The molecule has 1 fully saturated rings. The molecule has 108 valence electrons. The monoisotopic (exact) mass is 289 g/mol. The molecule has 0 aliphatic heterocycles. The average Bonchev–Trinajstić information content (AvgIpc) is 3.28. The van der Waals surface area contributed by atoms with E-state index >= 15 is 0 Å². The Morgan fingerprint density at radius 1 is 1.10 bits per heavy atom. The van der Waals surface area contributed by atoms with Crippen molar-refractivity contribution in [1.82, 2.24) is 10.3 Å². The van der Waals surface area contributed by atoms with E-state index in [1.54, 1.807) is 12.1 Å². The normalized spacial score (nSPS) is 13.8. The minimum absolute atomic E-state index is 0.197. The van der Waals surface area contributed by atoms with Crippen LogP contribution >= 0.6 is 0 Å². The number of anilines is 2. The molecule has 1 heterocycles. The van der Waals surface area contributed by atoms with Gasteiger partial charge in [0.25, 0.3) is 5.91 Å². The molecular weight excluding hydrogens is 276 g/mol. The molecule has 0 unspecified atom stereocenters. The summed E-state index contributed by atoms with van der Waals surface area (Å²) in [5, 5.41) is 5.73. The second kappa shape index (κ2) is 5.47. The second-order valence-electron chi connectivity index (χ2n) is 4.93. The lowest BCUT2D eigenvalue weighted by Gasteiger charge is -2.07. The minimum atomic E-state index is -0.923. The van der Waals surface area contributed by atoms with Crippen LogP contribution in [-0.2, 0) is 0 Å². The van der Waals surface area contributed by atoms with Crippen LogP contribution in [-0.4, -0.2) is 16.9 Å². The van der Waals surface area contributed by atoms with Crippen LogP contribution in [0.4, 0.5) is 20.2 Å². The number of rotatable bonds is 4. The SMILES string of the molecule is O=C(NC1CC1)c1ccc(Nc2ccc(F)c(F)c2)cn1. The lowest BCUT2D eigenvalue weighted by Crippen LogP contribution is -2.26. The van der Waals surface area contributed by atoms with E-state index in [0.717, 1.165) is 25.0 Å². The van der Waals surface area contributed by atoms with Crippen LogP contribution in [0.15, 0.2) is 36.5 Å². The van der Waals surface area contributed by atoms with E-state index in [0.29, 0.717) is 17.1 Å². The number of amides is 1. The molecule has 0 spiro atoms. The Morgan fingerprint density at radius 3 is 2.48 bits per heavy atom. The van der Waals surface area contributed by atoms with Crippen LogP contribution in [0.25, 0.3) is 0 Å². The molecule has 2 N–H and O–H groups in total. The highest BCUT2D eigenvalue weighted by Gasteiger charge is 2.24. The Kier molecular flexibility index (Phi) is 3.51. The van der Waals surface area contributed by atoms with Crippen molar-refractivity contribution in [2.24, 2.45) is 0 Å². The zero-order valence-electron chi connectivity index (χ0n) is 11.1. The molecule has 4 nitrogen and oxygen atoms in total. The van der Waals surface area contributed by atoms with Crippen molar-refractivity contribution in [3.63, 3.8) is 0 Å². The van der Waals surface area contributed by atoms with E-state index in [9.17, 15) is 13.6 Å². The number of nitrogens with one attached hydrogen (secondary N) is 2. The zero-order chi connectivity index (χ0) is 14.8. The first-order valence-corrected chi connectivity index (χ1v) is 6.61. The molecule has 1 amide bonds. The summed E-state index contributed by atoms with van der Waals surface area (Å²) in [7, 11) is 0. The maximum atomic E-state index is 13.1. The van der Waals surface area contributed by atoms with Gasteiger partial charge in [-0.05, 0) is 37.1 Å². The predicted molar refractivity (Wildman–Crippen MR) is 74.4 cm³/mol. The molecule has 1 aliphatic carbocycles. The number of nitrogens with zero attached hydrogens (tertiary/aromatic N) is 1. The average molecular weight is 289 g/mol. The fourth-order valence-electron chi connectivity index (χ4n) is 1.83. The standard InChI is InChI=1S/C15H13F2N3O/c16-12-5-3-10(7-13(12)17)19-11-4-6-14(18-8-11)15(21)20-9-1-2-9/h3-9,19H,1-2H2,(H,20,21). The van der Waals surface area contributed by atoms with Crippen LogP contribution in [0, 0.1) is 11.6 Å². The van der Waals surface area contributed by atoms with Crippen molar-refractivity contribution in [1.29, 1.82) is 0 Å². The molecule has 21 heavy (non-hydrogen) atoms. The minimum Gasteiger partial charge on any atom is -0.354 e. The van der Waals surface area contributed by atoms with Gasteiger partial charge in [-0.15, -0.1) is 0 Å². The maximum absolute atomic E-state index is 13.1. The first-order valence-electron chi connectivity index (χ1n) is 6.61. The summed E-state index contributed by atoms with van der Waals surface area (Å²) >= 11 is 0. The highest BCUT2D eigenvalue weighted by molar-refractivity contribution is 5.92. The Hall–Kier alpha value is -2.50. The molecule has 0 saturated heterocycles. The molecule has 0 atom stereocenters. The Labute approximate surface area is 120 Å². The number of aromatic nitrogens is 1. The van der Waals surface area contributed by atoms with Crippen molar-refractivity contribution >= 4 is 17.3 Å². The Morgan fingerprint density at radius 2 is 1.86 bits per heavy atom. The first-order chi connectivity index (χ1) is 10.1. The number of carbonyl (C=O) groups is 1. The third kappa shape index (κ3) is 3.34. The van der Waals surface area contributed by atoms with Crippen molar-refractivity contribution in [2.75, 3.05) is 5.32 Å². The molecule has 6 heteroatoms. The highest BCUT2D eigenvalue weighted by atomic mass is 19.2. The van der Waals surface area contributed by atoms with Crippen LogP contribution in [0.5, 0.6) is 0 Å². The van der Waals surface area contributed by atoms with Crippen LogP contribution in [0.2, 0.25) is 0 Å². The van der Waals surface area contributed by atoms with Crippen LogP contribution < -0.4 is 10.6 Å². The maximum Gasteiger partial charge on any atom is 0.270 e. The molecule has 0 bridgehead atoms. The summed E-state index contributed by atoms with van der Waals surface area (Å²) in [6, 6.07) is 7.05. The molecule has 3 rings (SSSR count). The van der Waals surface area contributed by atoms with Gasteiger partial charge in [0.1, 0.15) is 5.69 Å². The van der Waals surface area contributed by atoms with Crippen LogP contribution in [0.3, 0.4) is 0 Å². The summed E-state index contributed by atoms with van der Waals surface area (Å²) < 4.78 is 25.9. The summed E-state index contributed by atoms with van der Waals surface area (Å²) in [4.78, 5) is 15.8. The Balaban J connectivity index is 1.68. The number of pyridine rings is 1. The predicted octanol–water partition coefficient (Wildman–Crippen LogP) is 3.00. The van der Waals surface area contributed by atoms with E-state index in [1.807, 2.05) is 0 Å². The first kappa shape index (κ1) is 13.5. The topological polar surface area (TPSA) is 54.0 Å². The van der Waals surface area contributed by atoms with Gasteiger partial charge in [0.2, 0.25) is 0 Å². The molecule has 1 saturated carbocycles. The van der Waals surface area contributed by atoms with Gasteiger partial charge < -0.3 is 10.6 Å². The van der Waals surface area contributed by atoms with E-state index < -0.39 is 11.6 Å². The second-order valence-corrected chi connectivity index (χ2v) is 4.93. The number of hydrogen-bond donors (Lipinski definition) is 2.